The van der Waals surface area contributed by atoms with Gasteiger partial charge < -0.3 is 5.32 Å². The predicted octanol–water partition coefficient (Wildman–Crippen LogP) is 3.81. The summed E-state index contributed by atoms with van der Waals surface area (Å²) in [5.41, 5.74) is 4.65. The van der Waals surface area contributed by atoms with Crippen LogP contribution in [-0.4, -0.2) is 19.7 Å². The minimum Gasteiger partial charge on any atom is -0.363 e. The Kier molecular flexibility index (Phi) is 3.27. The molecule has 0 fully saturated rings. The largest absolute Gasteiger partial charge is 0.363 e. The van der Waals surface area contributed by atoms with Gasteiger partial charge in [0.2, 0.25) is 0 Å². The SMILES string of the molecule is Cc1cc(C)c2c(n1)sc1c(NCc3ccncc3)nn(C)c12. The Hall–Kier alpha value is -2.47. The maximum atomic E-state index is 4.69. The van der Waals surface area contributed by atoms with Crippen LogP contribution in [0.15, 0.2) is 30.6 Å². The van der Waals surface area contributed by atoms with Crippen LogP contribution < -0.4 is 5.32 Å². The summed E-state index contributed by atoms with van der Waals surface area (Å²) in [6, 6.07) is 6.14. The molecule has 0 unspecified atom stereocenters. The van der Waals surface area contributed by atoms with Crippen LogP contribution in [-0.2, 0) is 13.6 Å². The second-order valence-corrected chi connectivity index (χ2v) is 6.72. The molecule has 5 nitrogen and oxygen atoms in total. The van der Waals surface area contributed by atoms with Gasteiger partial charge in [0.15, 0.2) is 5.82 Å². The molecule has 4 aromatic rings. The van der Waals surface area contributed by atoms with Crippen LogP contribution >= 0.6 is 11.3 Å². The van der Waals surface area contributed by atoms with Crippen LogP contribution in [0.1, 0.15) is 16.8 Å². The van der Waals surface area contributed by atoms with Crippen molar-refractivity contribution < 1.29 is 0 Å². The summed E-state index contributed by atoms with van der Waals surface area (Å²) in [5, 5.41) is 9.30. The van der Waals surface area contributed by atoms with Crippen molar-refractivity contribution in [2.75, 3.05) is 5.32 Å². The Bertz CT molecular complexity index is 1000. The Morgan fingerprint density at radius 3 is 2.78 bits per heavy atom. The van der Waals surface area contributed by atoms with Crippen LogP contribution in [0.25, 0.3) is 20.4 Å². The first-order valence-corrected chi connectivity index (χ1v) is 8.31. The molecule has 0 aliphatic rings. The van der Waals surface area contributed by atoms with E-state index in [-0.39, 0.29) is 0 Å². The van der Waals surface area contributed by atoms with Gasteiger partial charge in [-0.05, 0) is 43.2 Å². The van der Waals surface area contributed by atoms with Crippen LogP contribution in [0.2, 0.25) is 0 Å². The maximum Gasteiger partial charge on any atom is 0.166 e. The van der Waals surface area contributed by atoms with Gasteiger partial charge in [-0.3, -0.25) is 9.67 Å². The highest BCUT2D eigenvalue weighted by molar-refractivity contribution is 7.26. The summed E-state index contributed by atoms with van der Waals surface area (Å²) in [7, 11) is 1.99. The van der Waals surface area contributed by atoms with E-state index in [0.717, 1.165) is 33.1 Å². The van der Waals surface area contributed by atoms with Crippen molar-refractivity contribution in [2.24, 2.45) is 7.05 Å². The number of thiophene rings is 1. The first-order chi connectivity index (χ1) is 11.1. The fourth-order valence-electron chi connectivity index (χ4n) is 2.94. The fourth-order valence-corrected chi connectivity index (χ4v) is 4.22. The molecule has 0 atom stereocenters. The molecule has 0 spiro atoms. The maximum absolute atomic E-state index is 4.69. The predicted molar refractivity (Wildman–Crippen MR) is 94.9 cm³/mol. The van der Waals surface area contributed by atoms with E-state index in [2.05, 4.69) is 33.4 Å². The van der Waals surface area contributed by atoms with Gasteiger partial charge in [-0.25, -0.2) is 4.98 Å². The highest BCUT2D eigenvalue weighted by Gasteiger charge is 2.17. The number of rotatable bonds is 3. The summed E-state index contributed by atoms with van der Waals surface area (Å²) in [6.45, 7) is 4.91. The van der Waals surface area contributed by atoms with E-state index in [1.807, 2.05) is 30.8 Å². The molecule has 0 aliphatic carbocycles. The van der Waals surface area contributed by atoms with Gasteiger partial charge >= 0.3 is 0 Å². The van der Waals surface area contributed by atoms with Crippen molar-refractivity contribution in [1.29, 1.82) is 0 Å². The number of aromatic nitrogens is 4. The molecular weight excluding hydrogens is 306 g/mol. The van der Waals surface area contributed by atoms with E-state index in [1.165, 1.54) is 16.5 Å². The summed E-state index contributed by atoms with van der Waals surface area (Å²) >= 11 is 1.70. The van der Waals surface area contributed by atoms with Gasteiger partial charge in [0.05, 0.1) is 10.2 Å². The van der Waals surface area contributed by atoms with Crippen LogP contribution in [0.5, 0.6) is 0 Å². The van der Waals surface area contributed by atoms with Gasteiger partial charge in [-0.15, -0.1) is 11.3 Å². The molecule has 0 bridgehead atoms. The van der Waals surface area contributed by atoms with Gasteiger partial charge in [0, 0.05) is 37.1 Å². The summed E-state index contributed by atoms with van der Waals surface area (Å²) in [4.78, 5) is 9.82. The third-order valence-corrected chi connectivity index (χ3v) is 5.04. The first kappa shape index (κ1) is 14.1. The van der Waals surface area contributed by atoms with Gasteiger partial charge in [-0.1, -0.05) is 0 Å². The van der Waals surface area contributed by atoms with Crippen LogP contribution in [0, 0.1) is 13.8 Å². The summed E-state index contributed by atoms with van der Waals surface area (Å²) in [5.74, 6) is 0.916. The number of hydrogen-bond acceptors (Lipinski definition) is 5. The van der Waals surface area contributed by atoms with E-state index < -0.39 is 0 Å². The summed E-state index contributed by atoms with van der Waals surface area (Å²) in [6.07, 6.45) is 3.61. The molecule has 0 aliphatic heterocycles. The number of hydrogen-bond donors (Lipinski definition) is 1. The van der Waals surface area contributed by atoms with E-state index in [0.29, 0.717) is 0 Å². The first-order valence-electron chi connectivity index (χ1n) is 7.49. The monoisotopic (exact) mass is 323 g/mol. The van der Waals surface area contributed by atoms with Gasteiger partial charge in [-0.2, -0.15) is 5.10 Å². The number of fused-ring (bicyclic) bond motifs is 3. The molecule has 0 amide bonds. The molecule has 23 heavy (non-hydrogen) atoms. The molecule has 4 aromatic heterocycles. The molecule has 0 radical (unpaired) electrons. The number of anilines is 1. The lowest BCUT2D eigenvalue weighted by molar-refractivity contribution is 0.799. The van der Waals surface area contributed by atoms with Gasteiger partial charge in [0.25, 0.3) is 0 Å². The smallest absolute Gasteiger partial charge is 0.166 e. The molecular formula is C17H17N5S. The van der Waals surface area contributed by atoms with E-state index >= 15 is 0 Å². The zero-order chi connectivity index (χ0) is 16.0. The van der Waals surface area contributed by atoms with Crippen molar-refractivity contribution in [1.82, 2.24) is 19.7 Å². The van der Waals surface area contributed by atoms with Crippen molar-refractivity contribution >= 4 is 37.6 Å². The van der Waals surface area contributed by atoms with Crippen molar-refractivity contribution in [2.45, 2.75) is 20.4 Å². The molecule has 1 N–H and O–H groups in total. The zero-order valence-corrected chi connectivity index (χ0v) is 14.1. The topological polar surface area (TPSA) is 55.6 Å². The zero-order valence-electron chi connectivity index (χ0n) is 13.3. The molecule has 0 saturated carbocycles. The molecule has 6 heteroatoms. The third-order valence-electron chi connectivity index (χ3n) is 3.96. The van der Waals surface area contributed by atoms with E-state index in [9.17, 15) is 0 Å². The van der Waals surface area contributed by atoms with Crippen molar-refractivity contribution in [3.63, 3.8) is 0 Å². The number of aryl methyl sites for hydroxylation is 3. The average Bonchev–Trinajstić information content (AvgIpc) is 3.04. The molecule has 4 rings (SSSR count). The average molecular weight is 323 g/mol. The Balaban J connectivity index is 1.80. The highest BCUT2D eigenvalue weighted by atomic mass is 32.1. The number of nitrogens with zero attached hydrogens (tertiary/aromatic N) is 4. The Morgan fingerprint density at radius 2 is 2.00 bits per heavy atom. The van der Waals surface area contributed by atoms with Crippen molar-refractivity contribution in [3.05, 3.63) is 47.4 Å². The standard InChI is InChI=1S/C17H17N5S/c1-10-8-11(2)20-17-13(10)14-15(23-17)16(21-22(14)3)19-9-12-4-6-18-7-5-12/h4-8H,9H2,1-3H3,(H,19,21). The Labute approximate surface area is 138 Å². The minimum atomic E-state index is 0.730. The third kappa shape index (κ3) is 2.35. The molecule has 4 heterocycles. The second kappa shape index (κ2) is 5.31. The van der Waals surface area contributed by atoms with Crippen LogP contribution in [0.4, 0.5) is 5.82 Å². The normalized spacial score (nSPS) is 11.4. The number of pyridine rings is 2. The Morgan fingerprint density at radius 1 is 1.22 bits per heavy atom. The fraction of sp³-hybridized carbons (Fsp3) is 0.235. The second-order valence-electron chi connectivity index (χ2n) is 5.72. The quantitative estimate of drug-likeness (QED) is 0.623. The molecule has 0 aromatic carbocycles. The highest BCUT2D eigenvalue weighted by Crippen LogP contribution is 2.38. The van der Waals surface area contributed by atoms with E-state index in [1.54, 1.807) is 23.7 Å². The lowest BCUT2D eigenvalue weighted by Gasteiger charge is -2.02. The summed E-state index contributed by atoms with van der Waals surface area (Å²) < 4.78 is 3.12. The lowest BCUT2D eigenvalue weighted by Crippen LogP contribution is -2.01. The van der Waals surface area contributed by atoms with Gasteiger partial charge in [0.1, 0.15) is 4.83 Å². The lowest BCUT2D eigenvalue weighted by atomic mass is 10.1. The molecule has 0 saturated heterocycles. The van der Waals surface area contributed by atoms with Crippen molar-refractivity contribution in [3.8, 4) is 0 Å². The van der Waals surface area contributed by atoms with Crippen LogP contribution in [0.3, 0.4) is 0 Å². The van der Waals surface area contributed by atoms with E-state index in [4.69, 9.17) is 0 Å². The number of nitrogens with one attached hydrogen (secondary N) is 1. The minimum absolute atomic E-state index is 0.730. The molecule has 116 valence electrons.